The lowest BCUT2D eigenvalue weighted by molar-refractivity contribution is -0.151. The van der Waals surface area contributed by atoms with Crippen molar-refractivity contribution in [2.75, 3.05) is 13.2 Å². The molecule has 0 spiro atoms. The lowest BCUT2D eigenvalue weighted by Crippen LogP contribution is -2.25. The molecule has 78 valence electrons. The molecule has 0 fully saturated rings. The molecular weight excluding hydrogens is 170 g/mol. The van der Waals surface area contributed by atoms with Crippen molar-refractivity contribution in [1.82, 2.24) is 0 Å². The van der Waals surface area contributed by atoms with E-state index in [1.807, 2.05) is 6.92 Å². The van der Waals surface area contributed by atoms with Crippen LogP contribution in [0.15, 0.2) is 0 Å². The van der Waals surface area contributed by atoms with E-state index in [1.165, 1.54) is 0 Å². The molecule has 2 unspecified atom stereocenters. The highest BCUT2D eigenvalue weighted by atomic mass is 16.6. The van der Waals surface area contributed by atoms with Gasteiger partial charge in [0.25, 0.3) is 0 Å². The second-order valence-corrected chi connectivity index (χ2v) is 3.14. The maximum absolute atomic E-state index is 11.1. The average Bonchev–Trinajstić information content (AvgIpc) is 1.98. The zero-order valence-electron chi connectivity index (χ0n) is 8.58. The molecule has 4 heteroatoms. The van der Waals surface area contributed by atoms with Gasteiger partial charge >= 0.3 is 5.97 Å². The van der Waals surface area contributed by atoms with E-state index in [1.54, 1.807) is 13.8 Å². The summed E-state index contributed by atoms with van der Waals surface area (Å²) in [5.41, 5.74) is 5.44. The SMILES string of the molecule is CCOCC(C)OC(=O)CC(C)N. The Morgan fingerprint density at radius 2 is 2.08 bits per heavy atom. The molecule has 0 aromatic heterocycles. The van der Waals surface area contributed by atoms with E-state index in [0.29, 0.717) is 13.2 Å². The molecule has 0 saturated heterocycles. The monoisotopic (exact) mass is 189 g/mol. The van der Waals surface area contributed by atoms with Gasteiger partial charge in [-0.3, -0.25) is 4.79 Å². The van der Waals surface area contributed by atoms with Crippen LogP contribution in [0.3, 0.4) is 0 Å². The first-order chi connectivity index (χ1) is 6.06. The van der Waals surface area contributed by atoms with Crippen molar-refractivity contribution >= 4 is 5.97 Å². The smallest absolute Gasteiger partial charge is 0.307 e. The van der Waals surface area contributed by atoms with Gasteiger partial charge in [0.05, 0.1) is 13.0 Å². The fourth-order valence-electron chi connectivity index (χ4n) is 0.853. The van der Waals surface area contributed by atoms with Crippen LogP contribution in [0, 0.1) is 0 Å². The molecule has 13 heavy (non-hydrogen) atoms. The zero-order chi connectivity index (χ0) is 10.3. The summed E-state index contributed by atoms with van der Waals surface area (Å²) < 4.78 is 10.1. The first-order valence-electron chi connectivity index (χ1n) is 4.59. The standard InChI is InChI=1S/C9H19NO3/c1-4-12-6-8(3)13-9(11)5-7(2)10/h7-8H,4-6,10H2,1-3H3. The molecule has 0 aliphatic carbocycles. The minimum atomic E-state index is -0.262. The number of carbonyl (C=O) groups is 1. The van der Waals surface area contributed by atoms with Gasteiger partial charge in [-0.05, 0) is 20.8 Å². The quantitative estimate of drug-likeness (QED) is 0.624. The van der Waals surface area contributed by atoms with Gasteiger partial charge in [0.15, 0.2) is 0 Å². The van der Waals surface area contributed by atoms with Gasteiger partial charge in [0, 0.05) is 12.6 Å². The van der Waals surface area contributed by atoms with Gasteiger partial charge in [0.2, 0.25) is 0 Å². The number of hydrogen-bond acceptors (Lipinski definition) is 4. The lowest BCUT2D eigenvalue weighted by Gasteiger charge is -2.13. The summed E-state index contributed by atoms with van der Waals surface area (Å²) in [5.74, 6) is -0.262. The first-order valence-corrected chi connectivity index (χ1v) is 4.59. The van der Waals surface area contributed by atoms with E-state index >= 15 is 0 Å². The summed E-state index contributed by atoms with van der Waals surface area (Å²) in [6, 6.07) is -0.146. The maximum Gasteiger partial charge on any atom is 0.307 e. The molecule has 0 aromatic carbocycles. The highest BCUT2D eigenvalue weighted by molar-refractivity contribution is 5.70. The summed E-state index contributed by atoms with van der Waals surface area (Å²) in [4.78, 5) is 11.1. The fraction of sp³-hybridized carbons (Fsp3) is 0.889. The number of carbonyl (C=O) groups excluding carboxylic acids is 1. The molecule has 2 N–H and O–H groups in total. The van der Waals surface area contributed by atoms with Gasteiger partial charge in [-0.15, -0.1) is 0 Å². The highest BCUT2D eigenvalue weighted by Gasteiger charge is 2.10. The normalized spacial score (nSPS) is 15.1. The molecule has 4 nitrogen and oxygen atoms in total. The van der Waals surface area contributed by atoms with Crippen molar-refractivity contribution in [2.24, 2.45) is 5.73 Å². The van der Waals surface area contributed by atoms with Crippen LogP contribution in [-0.2, 0) is 14.3 Å². The Balaban J connectivity index is 3.53. The molecule has 0 aliphatic rings. The Hall–Kier alpha value is -0.610. The van der Waals surface area contributed by atoms with Crippen molar-refractivity contribution in [1.29, 1.82) is 0 Å². The lowest BCUT2D eigenvalue weighted by atomic mass is 10.2. The first kappa shape index (κ1) is 12.4. The summed E-state index contributed by atoms with van der Waals surface area (Å²) in [7, 11) is 0. The Morgan fingerprint density at radius 1 is 1.46 bits per heavy atom. The molecule has 0 radical (unpaired) electrons. The molecule has 0 bridgehead atoms. The third-order valence-corrected chi connectivity index (χ3v) is 1.38. The van der Waals surface area contributed by atoms with E-state index in [9.17, 15) is 4.79 Å². The highest BCUT2D eigenvalue weighted by Crippen LogP contribution is 1.97. The van der Waals surface area contributed by atoms with Crippen LogP contribution in [0.5, 0.6) is 0 Å². The predicted octanol–water partition coefficient (Wildman–Crippen LogP) is 0.692. The van der Waals surface area contributed by atoms with E-state index in [4.69, 9.17) is 15.2 Å². The van der Waals surface area contributed by atoms with Crippen LogP contribution in [0.25, 0.3) is 0 Å². The van der Waals surface area contributed by atoms with Crippen LogP contribution < -0.4 is 5.73 Å². The van der Waals surface area contributed by atoms with Crippen molar-refractivity contribution in [3.8, 4) is 0 Å². The topological polar surface area (TPSA) is 61.5 Å². The van der Waals surface area contributed by atoms with Crippen LogP contribution in [-0.4, -0.2) is 31.3 Å². The minimum absolute atomic E-state index is 0.146. The summed E-state index contributed by atoms with van der Waals surface area (Å²) in [6.45, 7) is 6.55. The van der Waals surface area contributed by atoms with Gasteiger partial charge in [-0.2, -0.15) is 0 Å². The molecule has 0 rings (SSSR count). The van der Waals surface area contributed by atoms with Crippen LogP contribution in [0.1, 0.15) is 27.2 Å². The van der Waals surface area contributed by atoms with Crippen LogP contribution in [0.2, 0.25) is 0 Å². The summed E-state index contributed by atoms with van der Waals surface area (Å²) in [6.07, 6.45) is 0.0717. The van der Waals surface area contributed by atoms with Gasteiger partial charge in [-0.25, -0.2) is 0 Å². The van der Waals surface area contributed by atoms with Gasteiger partial charge in [0.1, 0.15) is 6.10 Å². The Bertz CT molecular complexity index is 148. The molecule has 0 aliphatic heterocycles. The van der Waals surface area contributed by atoms with E-state index in [2.05, 4.69) is 0 Å². The van der Waals surface area contributed by atoms with Crippen molar-refractivity contribution < 1.29 is 14.3 Å². The van der Waals surface area contributed by atoms with Crippen molar-refractivity contribution in [3.63, 3.8) is 0 Å². The van der Waals surface area contributed by atoms with Crippen LogP contribution >= 0.6 is 0 Å². The minimum Gasteiger partial charge on any atom is -0.460 e. The molecule has 0 saturated carbocycles. The number of rotatable bonds is 6. The van der Waals surface area contributed by atoms with Crippen molar-refractivity contribution in [2.45, 2.75) is 39.3 Å². The third-order valence-electron chi connectivity index (χ3n) is 1.38. The number of esters is 1. The second kappa shape index (κ2) is 6.86. The summed E-state index contributed by atoms with van der Waals surface area (Å²) in [5, 5.41) is 0. The Kier molecular flexibility index (Phi) is 6.54. The van der Waals surface area contributed by atoms with E-state index in [-0.39, 0.29) is 24.5 Å². The second-order valence-electron chi connectivity index (χ2n) is 3.14. The third kappa shape index (κ3) is 7.74. The predicted molar refractivity (Wildman–Crippen MR) is 50.3 cm³/mol. The van der Waals surface area contributed by atoms with Gasteiger partial charge < -0.3 is 15.2 Å². The fourth-order valence-corrected chi connectivity index (χ4v) is 0.853. The number of ether oxygens (including phenoxy) is 2. The van der Waals surface area contributed by atoms with Crippen LogP contribution in [0.4, 0.5) is 0 Å². The van der Waals surface area contributed by atoms with Crippen molar-refractivity contribution in [3.05, 3.63) is 0 Å². The van der Waals surface area contributed by atoms with E-state index in [0.717, 1.165) is 0 Å². The average molecular weight is 189 g/mol. The summed E-state index contributed by atoms with van der Waals surface area (Å²) >= 11 is 0. The molecule has 2 atom stereocenters. The largest absolute Gasteiger partial charge is 0.460 e. The number of hydrogen-bond donors (Lipinski definition) is 1. The zero-order valence-corrected chi connectivity index (χ0v) is 8.58. The Labute approximate surface area is 79.4 Å². The molecule has 0 aromatic rings. The molecule has 0 heterocycles. The number of nitrogens with two attached hydrogens (primary N) is 1. The Morgan fingerprint density at radius 3 is 2.54 bits per heavy atom. The van der Waals surface area contributed by atoms with E-state index < -0.39 is 0 Å². The maximum atomic E-state index is 11.1. The molecule has 0 amide bonds. The van der Waals surface area contributed by atoms with Gasteiger partial charge in [-0.1, -0.05) is 0 Å². The molecular formula is C9H19NO3.